The van der Waals surface area contributed by atoms with E-state index in [2.05, 4.69) is 43.1 Å². The molecule has 2 N–H and O–H groups in total. The Morgan fingerprint density at radius 3 is 2.29 bits per heavy atom. The zero-order valence-corrected chi connectivity index (χ0v) is 13.8. The molecule has 0 radical (unpaired) electrons. The Bertz CT molecular complexity index is 596. The van der Waals surface area contributed by atoms with Crippen LogP contribution in [0.1, 0.15) is 22.7 Å². The lowest BCUT2D eigenvalue weighted by atomic mass is 10.0. The molecule has 0 saturated heterocycles. The van der Waals surface area contributed by atoms with Crippen LogP contribution in [0.25, 0.3) is 0 Å². The van der Waals surface area contributed by atoms with Gasteiger partial charge in [-0.1, -0.05) is 59.1 Å². The first-order valence-corrected chi connectivity index (χ1v) is 7.67. The van der Waals surface area contributed by atoms with E-state index in [1.54, 1.807) is 0 Å². The Balaban J connectivity index is 2.15. The first kappa shape index (κ1) is 16.3. The number of benzene rings is 2. The van der Waals surface area contributed by atoms with E-state index in [1.807, 2.05) is 18.2 Å². The number of hydrogen-bond acceptors (Lipinski definition) is 2. The second-order valence-electron chi connectivity index (χ2n) is 5.33. The summed E-state index contributed by atoms with van der Waals surface area (Å²) in [5.41, 5.74) is 9.57. The first-order chi connectivity index (χ1) is 10.0. The molecule has 0 aliphatic rings. The molecule has 2 rings (SSSR count). The third-order valence-electron chi connectivity index (χ3n) is 3.64. The quantitative estimate of drug-likeness (QED) is 0.882. The highest BCUT2D eigenvalue weighted by Crippen LogP contribution is 2.28. The Kier molecular flexibility index (Phi) is 5.65. The summed E-state index contributed by atoms with van der Waals surface area (Å²) in [5.74, 6) is 0. The molecule has 2 aromatic carbocycles. The number of nitrogens with two attached hydrogens (primary N) is 1. The Morgan fingerprint density at radius 1 is 1.05 bits per heavy atom. The molecule has 0 aliphatic heterocycles. The molecule has 0 fully saturated rings. The minimum atomic E-state index is 0.112. The highest BCUT2D eigenvalue weighted by Gasteiger charge is 2.16. The summed E-state index contributed by atoms with van der Waals surface area (Å²) in [5, 5.41) is 1.13. The predicted molar refractivity (Wildman–Crippen MR) is 90.9 cm³/mol. The minimum absolute atomic E-state index is 0.112. The van der Waals surface area contributed by atoms with Gasteiger partial charge in [0.15, 0.2) is 0 Å². The number of aryl methyl sites for hydroxylation is 1. The van der Waals surface area contributed by atoms with E-state index in [4.69, 9.17) is 28.9 Å². The van der Waals surface area contributed by atoms with Crippen LogP contribution in [0.4, 0.5) is 0 Å². The van der Waals surface area contributed by atoms with Crippen LogP contribution >= 0.6 is 23.2 Å². The van der Waals surface area contributed by atoms with Crippen LogP contribution in [0, 0.1) is 6.92 Å². The van der Waals surface area contributed by atoms with Crippen molar-refractivity contribution in [1.29, 1.82) is 0 Å². The van der Waals surface area contributed by atoms with Crippen molar-refractivity contribution in [1.82, 2.24) is 4.90 Å². The fourth-order valence-electron chi connectivity index (χ4n) is 2.38. The van der Waals surface area contributed by atoms with Gasteiger partial charge in [0.2, 0.25) is 0 Å². The van der Waals surface area contributed by atoms with Crippen LogP contribution < -0.4 is 5.73 Å². The number of nitrogens with zero attached hydrogens (tertiary/aromatic N) is 1. The van der Waals surface area contributed by atoms with Crippen molar-refractivity contribution in [3.05, 3.63) is 69.2 Å². The molecule has 0 amide bonds. The lowest BCUT2D eigenvalue weighted by Gasteiger charge is -2.27. The predicted octanol–water partition coefficient (Wildman–Crippen LogP) is 4.43. The van der Waals surface area contributed by atoms with Gasteiger partial charge in [-0.2, -0.15) is 0 Å². The SMILES string of the molecule is Cc1ccc(CN(C)C(CN)c2ccc(Cl)c(Cl)c2)cc1. The van der Waals surface area contributed by atoms with E-state index in [1.165, 1.54) is 11.1 Å². The molecular weight excluding hydrogens is 303 g/mol. The number of likely N-dealkylation sites (N-methyl/N-ethyl adjacent to an activating group) is 1. The summed E-state index contributed by atoms with van der Waals surface area (Å²) >= 11 is 12.1. The summed E-state index contributed by atoms with van der Waals surface area (Å²) in [6.45, 7) is 3.45. The Labute approximate surface area is 136 Å². The maximum atomic E-state index is 6.11. The molecule has 1 atom stereocenters. The van der Waals surface area contributed by atoms with Crippen LogP contribution in [0.5, 0.6) is 0 Å². The molecule has 0 bridgehead atoms. The van der Waals surface area contributed by atoms with Gasteiger partial charge in [-0.05, 0) is 37.2 Å². The van der Waals surface area contributed by atoms with Crippen molar-refractivity contribution >= 4 is 23.2 Å². The lowest BCUT2D eigenvalue weighted by molar-refractivity contribution is 0.242. The van der Waals surface area contributed by atoms with Crippen LogP contribution in [0.3, 0.4) is 0 Å². The van der Waals surface area contributed by atoms with E-state index < -0.39 is 0 Å². The van der Waals surface area contributed by atoms with Crippen molar-refractivity contribution in [2.45, 2.75) is 19.5 Å². The molecule has 0 aromatic heterocycles. The van der Waals surface area contributed by atoms with Crippen molar-refractivity contribution in [2.75, 3.05) is 13.6 Å². The highest BCUT2D eigenvalue weighted by molar-refractivity contribution is 6.42. The van der Waals surface area contributed by atoms with Gasteiger partial charge in [0, 0.05) is 19.1 Å². The van der Waals surface area contributed by atoms with Gasteiger partial charge >= 0.3 is 0 Å². The molecule has 0 spiro atoms. The van der Waals surface area contributed by atoms with E-state index in [-0.39, 0.29) is 6.04 Å². The standard InChI is InChI=1S/C17H20Cl2N2/c1-12-3-5-13(6-4-12)11-21(2)17(10-20)14-7-8-15(18)16(19)9-14/h3-9,17H,10-11,20H2,1-2H3. The van der Waals surface area contributed by atoms with Crippen molar-refractivity contribution in [3.63, 3.8) is 0 Å². The van der Waals surface area contributed by atoms with Crippen LogP contribution in [-0.2, 0) is 6.54 Å². The molecule has 0 heterocycles. The largest absolute Gasteiger partial charge is 0.329 e. The van der Waals surface area contributed by atoms with Crippen molar-refractivity contribution in [2.24, 2.45) is 5.73 Å². The van der Waals surface area contributed by atoms with Gasteiger partial charge in [0.1, 0.15) is 0 Å². The maximum Gasteiger partial charge on any atom is 0.0595 e. The lowest BCUT2D eigenvalue weighted by Crippen LogP contribution is -2.30. The van der Waals surface area contributed by atoms with E-state index in [0.29, 0.717) is 16.6 Å². The molecule has 4 heteroatoms. The summed E-state index contributed by atoms with van der Waals surface area (Å²) in [7, 11) is 2.07. The summed E-state index contributed by atoms with van der Waals surface area (Å²) in [6.07, 6.45) is 0. The van der Waals surface area contributed by atoms with Gasteiger partial charge in [-0.25, -0.2) is 0 Å². The van der Waals surface area contributed by atoms with Gasteiger partial charge in [0.05, 0.1) is 10.0 Å². The smallest absolute Gasteiger partial charge is 0.0595 e. The monoisotopic (exact) mass is 322 g/mol. The second-order valence-corrected chi connectivity index (χ2v) is 6.14. The zero-order valence-electron chi connectivity index (χ0n) is 12.3. The van der Waals surface area contributed by atoms with Crippen molar-refractivity contribution < 1.29 is 0 Å². The molecular formula is C17H20Cl2N2. The molecule has 112 valence electrons. The Morgan fingerprint density at radius 2 is 1.71 bits per heavy atom. The van der Waals surface area contributed by atoms with E-state index >= 15 is 0 Å². The van der Waals surface area contributed by atoms with Crippen molar-refractivity contribution in [3.8, 4) is 0 Å². The molecule has 1 unspecified atom stereocenters. The van der Waals surface area contributed by atoms with Crippen LogP contribution in [-0.4, -0.2) is 18.5 Å². The van der Waals surface area contributed by atoms with Gasteiger partial charge in [-0.3, -0.25) is 4.90 Å². The third-order valence-corrected chi connectivity index (χ3v) is 4.38. The number of halogens is 2. The van der Waals surface area contributed by atoms with Gasteiger partial charge < -0.3 is 5.73 Å². The van der Waals surface area contributed by atoms with E-state index in [0.717, 1.165) is 12.1 Å². The number of hydrogen-bond donors (Lipinski definition) is 1. The Hall–Kier alpha value is -1.06. The minimum Gasteiger partial charge on any atom is -0.329 e. The normalized spacial score (nSPS) is 12.7. The summed E-state index contributed by atoms with van der Waals surface area (Å²) < 4.78 is 0. The van der Waals surface area contributed by atoms with E-state index in [9.17, 15) is 0 Å². The summed E-state index contributed by atoms with van der Waals surface area (Å²) in [6, 6.07) is 14.4. The number of rotatable bonds is 5. The average molecular weight is 323 g/mol. The molecule has 21 heavy (non-hydrogen) atoms. The van der Waals surface area contributed by atoms with Gasteiger partial charge in [-0.15, -0.1) is 0 Å². The van der Waals surface area contributed by atoms with Crippen LogP contribution in [0.15, 0.2) is 42.5 Å². The zero-order chi connectivity index (χ0) is 15.4. The average Bonchev–Trinajstić information content (AvgIpc) is 2.46. The third kappa shape index (κ3) is 4.21. The molecule has 2 aromatic rings. The molecule has 0 aliphatic carbocycles. The molecule has 0 saturated carbocycles. The highest BCUT2D eigenvalue weighted by atomic mass is 35.5. The van der Waals surface area contributed by atoms with Crippen LogP contribution in [0.2, 0.25) is 10.0 Å². The topological polar surface area (TPSA) is 29.3 Å². The first-order valence-electron chi connectivity index (χ1n) is 6.92. The fraction of sp³-hybridized carbons (Fsp3) is 0.294. The summed E-state index contributed by atoms with van der Waals surface area (Å²) in [4.78, 5) is 2.23. The maximum absolute atomic E-state index is 6.11. The van der Waals surface area contributed by atoms with Gasteiger partial charge in [0.25, 0.3) is 0 Å². The second kappa shape index (κ2) is 7.28. The molecule has 2 nitrogen and oxygen atoms in total. The fourth-order valence-corrected chi connectivity index (χ4v) is 2.69.